The Morgan fingerprint density at radius 3 is 2.28 bits per heavy atom. The molecule has 1 aromatic carbocycles. The second kappa shape index (κ2) is 8.85. The van der Waals surface area contributed by atoms with E-state index in [-0.39, 0.29) is 11.4 Å². The van der Waals surface area contributed by atoms with Crippen LogP contribution in [0.15, 0.2) is 24.3 Å². The first-order valence-corrected chi connectivity index (χ1v) is 10.9. The third-order valence-corrected chi connectivity index (χ3v) is 6.27. The molecule has 158 valence electrons. The van der Waals surface area contributed by atoms with Gasteiger partial charge in [-0.25, -0.2) is 0 Å². The van der Waals surface area contributed by atoms with E-state index in [9.17, 15) is 9.90 Å². The van der Waals surface area contributed by atoms with Crippen molar-refractivity contribution in [3.63, 3.8) is 0 Å². The number of hydrogen-bond acceptors (Lipinski definition) is 5. The SMILES string of the molecule is CC(C)(C)CC(=O)OC1(O)CCC(N2CCC(c3ccc(C#N)cc3)CC2)CC1. The average Bonchev–Trinajstić information content (AvgIpc) is 2.67. The number of nitrogens with zero attached hydrogens (tertiary/aromatic N) is 2. The van der Waals surface area contributed by atoms with Gasteiger partial charge in [0.2, 0.25) is 5.79 Å². The number of piperidine rings is 1. The van der Waals surface area contributed by atoms with Crippen LogP contribution < -0.4 is 0 Å². The van der Waals surface area contributed by atoms with E-state index in [0.717, 1.165) is 38.8 Å². The number of esters is 1. The fraction of sp³-hybridized carbons (Fsp3) is 0.667. The fourth-order valence-corrected chi connectivity index (χ4v) is 4.63. The van der Waals surface area contributed by atoms with Gasteiger partial charge in [-0.05, 0) is 67.8 Å². The molecule has 1 aliphatic heterocycles. The minimum absolute atomic E-state index is 0.135. The highest BCUT2D eigenvalue weighted by Crippen LogP contribution is 2.36. The number of carbonyl (C=O) groups is 1. The van der Waals surface area contributed by atoms with Gasteiger partial charge in [0, 0.05) is 18.9 Å². The highest BCUT2D eigenvalue weighted by atomic mass is 16.7. The first-order valence-electron chi connectivity index (χ1n) is 10.9. The van der Waals surface area contributed by atoms with E-state index in [4.69, 9.17) is 10.00 Å². The quantitative estimate of drug-likeness (QED) is 0.603. The Morgan fingerprint density at radius 1 is 1.17 bits per heavy atom. The summed E-state index contributed by atoms with van der Waals surface area (Å²) in [7, 11) is 0. The third-order valence-electron chi connectivity index (χ3n) is 6.27. The Labute approximate surface area is 174 Å². The molecular weight excluding hydrogens is 364 g/mol. The molecule has 1 aliphatic carbocycles. The molecule has 0 unspecified atom stereocenters. The predicted molar refractivity (Wildman–Crippen MR) is 112 cm³/mol. The van der Waals surface area contributed by atoms with Gasteiger partial charge in [0.05, 0.1) is 18.1 Å². The van der Waals surface area contributed by atoms with E-state index < -0.39 is 5.79 Å². The Kier molecular flexibility index (Phi) is 6.65. The number of benzene rings is 1. The van der Waals surface area contributed by atoms with Crippen LogP contribution in [0.1, 0.15) is 82.8 Å². The summed E-state index contributed by atoms with van der Waals surface area (Å²) in [5, 5.41) is 19.7. The lowest BCUT2D eigenvalue weighted by atomic mass is 9.85. The van der Waals surface area contributed by atoms with Crippen molar-refractivity contribution >= 4 is 5.97 Å². The summed E-state index contributed by atoms with van der Waals surface area (Å²) in [4.78, 5) is 14.7. The topological polar surface area (TPSA) is 73.6 Å². The van der Waals surface area contributed by atoms with Crippen LogP contribution in [-0.2, 0) is 9.53 Å². The molecule has 0 amide bonds. The van der Waals surface area contributed by atoms with Crippen molar-refractivity contribution in [1.82, 2.24) is 4.90 Å². The zero-order valence-corrected chi connectivity index (χ0v) is 18.0. The van der Waals surface area contributed by atoms with Crippen LogP contribution in [0.5, 0.6) is 0 Å². The van der Waals surface area contributed by atoms with E-state index in [1.807, 2.05) is 32.9 Å². The van der Waals surface area contributed by atoms with Crippen LogP contribution in [0.2, 0.25) is 0 Å². The van der Waals surface area contributed by atoms with Crippen LogP contribution in [0.4, 0.5) is 0 Å². The van der Waals surface area contributed by atoms with Crippen LogP contribution in [0.25, 0.3) is 0 Å². The molecular formula is C24H34N2O3. The summed E-state index contributed by atoms with van der Waals surface area (Å²) in [6.07, 6.45) is 5.32. The Morgan fingerprint density at radius 2 is 1.76 bits per heavy atom. The molecule has 1 saturated carbocycles. The Hall–Kier alpha value is -1.90. The number of aliphatic hydroxyl groups is 1. The van der Waals surface area contributed by atoms with Gasteiger partial charge < -0.3 is 14.7 Å². The number of nitriles is 1. The molecule has 1 N–H and O–H groups in total. The Balaban J connectivity index is 1.46. The van der Waals surface area contributed by atoms with Crippen LogP contribution >= 0.6 is 0 Å². The number of likely N-dealkylation sites (tertiary alicyclic amines) is 1. The van der Waals surface area contributed by atoms with Crippen molar-refractivity contribution in [1.29, 1.82) is 5.26 Å². The lowest BCUT2D eigenvalue weighted by Gasteiger charge is -2.43. The molecule has 1 saturated heterocycles. The molecule has 1 aromatic rings. The number of carbonyl (C=O) groups excluding carboxylic acids is 1. The average molecular weight is 399 g/mol. The highest BCUT2D eigenvalue weighted by Gasteiger charge is 2.39. The summed E-state index contributed by atoms with van der Waals surface area (Å²) in [6, 6.07) is 10.6. The monoisotopic (exact) mass is 398 g/mol. The summed E-state index contributed by atoms with van der Waals surface area (Å²) in [5.41, 5.74) is 1.90. The van der Waals surface area contributed by atoms with E-state index in [1.54, 1.807) is 0 Å². The maximum Gasteiger partial charge on any atom is 0.308 e. The second-order valence-corrected chi connectivity index (χ2v) is 9.93. The molecule has 2 aliphatic rings. The van der Waals surface area contributed by atoms with Crippen molar-refractivity contribution in [2.75, 3.05) is 13.1 Å². The Bertz CT molecular complexity index is 729. The maximum absolute atomic E-state index is 12.1. The summed E-state index contributed by atoms with van der Waals surface area (Å²) < 4.78 is 5.46. The molecule has 2 fully saturated rings. The lowest BCUT2D eigenvalue weighted by molar-refractivity contribution is -0.225. The van der Waals surface area contributed by atoms with Gasteiger partial charge in [-0.15, -0.1) is 0 Å². The minimum Gasteiger partial charge on any atom is -0.433 e. The largest absolute Gasteiger partial charge is 0.433 e. The number of hydrogen-bond donors (Lipinski definition) is 1. The molecule has 0 spiro atoms. The molecule has 0 radical (unpaired) electrons. The molecule has 3 rings (SSSR count). The van der Waals surface area contributed by atoms with Gasteiger partial charge in [-0.2, -0.15) is 5.26 Å². The first kappa shape index (κ1) is 21.8. The van der Waals surface area contributed by atoms with Gasteiger partial charge in [0.1, 0.15) is 0 Å². The van der Waals surface area contributed by atoms with Gasteiger partial charge in [-0.3, -0.25) is 4.79 Å². The molecule has 0 atom stereocenters. The van der Waals surface area contributed by atoms with E-state index in [2.05, 4.69) is 23.1 Å². The van der Waals surface area contributed by atoms with E-state index in [1.165, 1.54) is 5.56 Å². The van der Waals surface area contributed by atoms with E-state index >= 15 is 0 Å². The zero-order valence-electron chi connectivity index (χ0n) is 18.0. The minimum atomic E-state index is -1.29. The maximum atomic E-state index is 12.1. The second-order valence-electron chi connectivity index (χ2n) is 9.93. The third kappa shape index (κ3) is 6.04. The molecule has 29 heavy (non-hydrogen) atoms. The first-order chi connectivity index (χ1) is 13.7. The van der Waals surface area contributed by atoms with Crippen LogP contribution in [0.3, 0.4) is 0 Å². The standard InChI is InChI=1S/C24H34N2O3/c1-23(2,3)16-22(27)29-24(28)12-8-21(9-13-24)26-14-10-20(11-15-26)19-6-4-18(17-25)5-7-19/h4-7,20-21,28H,8-16H2,1-3H3. The molecule has 0 bridgehead atoms. The van der Waals surface area contributed by atoms with Gasteiger partial charge in [0.15, 0.2) is 0 Å². The summed E-state index contributed by atoms with van der Waals surface area (Å²) in [5.74, 6) is -1.04. The van der Waals surface area contributed by atoms with Gasteiger partial charge >= 0.3 is 5.97 Å². The van der Waals surface area contributed by atoms with Gasteiger partial charge in [-0.1, -0.05) is 32.9 Å². The molecule has 5 heteroatoms. The fourth-order valence-electron chi connectivity index (χ4n) is 4.63. The van der Waals surface area contributed by atoms with Crippen molar-refractivity contribution in [2.24, 2.45) is 5.41 Å². The highest BCUT2D eigenvalue weighted by molar-refractivity contribution is 5.70. The lowest BCUT2D eigenvalue weighted by Crippen LogP contribution is -2.48. The number of ether oxygens (including phenoxy) is 1. The van der Waals surface area contributed by atoms with Crippen LogP contribution in [0, 0.1) is 16.7 Å². The van der Waals surface area contributed by atoms with Crippen molar-refractivity contribution in [3.05, 3.63) is 35.4 Å². The molecule has 1 heterocycles. The van der Waals surface area contributed by atoms with Crippen molar-refractivity contribution in [3.8, 4) is 6.07 Å². The number of rotatable bonds is 4. The molecule has 5 nitrogen and oxygen atoms in total. The summed E-state index contributed by atoms with van der Waals surface area (Å²) >= 11 is 0. The van der Waals surface area contributed by atoms with Crippen molar-refractivity contribution < 1.29 is 14.6 Å². The normalized spacial score (nSPS) is 26.7. The van der Waals surface area contributed by atoms with Crippen LogP contribution in [-0.4, -0.2) is 40.9 Å². The van der Waals surface area contributed by atoms with Crippen molar-refractivity contribution in [2.45, 2.75) is 83.5 Å². The van der Waals surface area contributed by atoms with Gasteiger partial charge in [0.25, 0.3) is 0 Å². The van der Waals surface area contributed by atoms with E-state index in [0.29, 0.717) is 36.8 Å². The predicted octanol–water partition coefficient (Wildman–Crippen LogP) is 4.35. The smallest absolute Gasteiger partial charge is 0.308 e. The molecule has 0 aromatic heterocycles. The summed E-state index contributed by atoms with van der Waals surface area (Å²) in [6.45, 7) is 8.10. The zero-order chi connectivity index (χ0) is 21.1.